The lowest BCUT2D eigenvalue weighted by Gasteiger charge is -2.20. The average molecular weight is 758 g/mol. The molecule has 0 bridgehead atoms. The number of para-hydroxylation sites is 4. The van der Waals surface area contributed by atoms with Crippen molar-refractivity contribution in [2.75, 3.05) is 0 Å². The van der Waals surface area contributed by atoms with Gasteiger partial charge in [-0.25, -0.2) is 0 Å². The third-order valence-electron chi connectivity index (χ3n) is 11.6. The quantitative estimate of drug-likeness (QED) is 0.180. The molecule has 4 aromatic heterocycles. The van der Waals surface area contributed by atoms with E-state index in [1.165, 1.54) is 6.07 Å². The van der Waals surface area contributed by atoms with E-state index in [2.05, 4.69) is 51.6 Å². The van der Waals surface area contributed by atoms with Crippen LogP contribution in [-0.2, 0) is 6.18 Å². The van der Waals surface area contributed by atoms with Gasteiger partial charge >= 0.3 is 6.18 Å². The van der Waals surface area contributed by atoms with E-state index in [0.717, 1.165) is 88.5 Å². The number of hydrogen-bond acceptors (Lipinski definition) is 3. The van der Waals surface area contributed by atoms with Crippen molar-refractivity contribution >= 4 is 87.5 Å². The van der Waals surface area contributed by atoms with Gasteiger partial charge in [-0.1, -0.05) is 97.1 Å². The van der Waals surface area contributed by atoms with Crippen molar-refractivity contribution in [1.29, 1.82) is 5.26 Å². The Balaban J connectivity index is 1.31. The van der Waals surface area contributed by atoms with Gasteiger partial charge in [0.15, 0.2) is 11.2 Å². The summed E-state index contributed by atoms with van der Waals surface area (Å²) in [6, 6.07) is 51.6. The first-order valence-corrected chi connectivity index (χ1v) is 18.8. The minimum Gasteiger partial charge on any atom is -0.454 e. The summed E-state index contributed by atoms with van der Waals surface area (Å²) in [5.41, 5.74) is 7.52. The van der Waals surface area contributed by atoms with Gasteiger partial charge in [-0.3, -0.25) is 0 Å². The van der Waals surface area contributed by atoms with Crippen LogP contribution in [0.2, 0.25) is 0 Å². The Morgan fingerprint density at radius 3 is 1.48 bits per heavy atom. The molecule has 12 aromatic rings. The number of fused-ring (bicyclic) bond motifs is 14. The SMILES string of the molecule is N#Cc1cc(-n2c3ccccc3c3ccc4c5ccccc5oc4c32)c(-n2c3ccccc3c3ccc4c5ccccc5oc4c32)cc1-c1cccc(C(F)(F)F)c1. The fraction of sp³-hybridized carbons (Fsp3) is 0.0200. The van der Waals surface area contributed by atoms with Crippen molar-refractivity contribution in [3.05, 3.63) is 169 Å². The van der Waals surface area contributed by atoms with Gasteiger partial charge in [0.2, 0.25) is 0 Å². The van der Waals surface area contributed by atoms with Crippen molar-refractivity contribution in [2.24, 2.45) is 0 Å². The molecule has 8 aromatic carbocycles. The molecule has 0 aliphatic rings. The number of halogens is 3. The van der Waals surface area contributed by atoms with E-state index in [1.807, 2.05) is 91.0 Å². The summed E-state index contributed by atoms with van der Waals surface area (Å²) in [6.07, 6.45) is -4.58. The Kier molecular flexibility index (Phi) is 6.52. The van der Waals surface area contributed by atoms with E-state index in [9.17, 15) is 18.4 Å². The first-order chi connectivity index (χ1) is 28.4. The van der Waals surface area contributed by atoms with Gasteiger partial charge in [0.05, 0.1) is 50.6 Å². The average Bonchev–Trinajstić information content (AvgIpc) is 4.01. The maximum Gasteiger partial charge on any atom is 0.416 e. The van der Waals surface area contributed by atoms with Crippen molar-refractivity contribution in [3.63, 3.8) is 0 Å². The second kappa shape index (κ2) is 11.6. The van der Waals surface area contributed by atoms with E-state index in [4.69, 9.17) is 8.83 Å². The first-order valence-electron chi connectivity index (χ1n) is 18.8. The molecule has 0 atom stereocenters. The number of furan rings is 2. The van der Waals surface area contributed by atoms with Gasteiger partial charge in [-0.15, -0.1) is 0 Å². The van der Waals surface area contributed by atoms with Crippen molar-refractivity contribution < 1.29 is 22.0 Å². The number of benzene rings is 8. The van der Waals surface area contributed by atoms with Gasteiger partial charge in [0.1, 0.15) is 11.2 Å². The summed E-state index contributed by atoms with van der Waals surface area (Å²) in [6.45, 7) is 0. The maximum atomic E-state index is 14.2. The van der Waals surface area contributed by atoms with Gasteiger partial charge in [-0.2, -0.15) is 18.4 Å². The summed E-state index contributed by atoms with van der Waals surface area (Å²) in [4.78, 5) is 0. The molecule has 0 aliphatic carbocycles. The normalized spacial score (nSPS) is 12.4. The molecular formula is C50H26F3N3O2. The van der Waals surface area contributed by atoms with Gasteiger partial charge in [0, 0.05) is 48.7 Å². The third kappa shape index (κ3) is 4.41. The molecule has 4 heterocycles. The predicted octanol–water partition coefficient (Wildman–Crippen LogP) is 14.2. The van der Waals surface area contributed by atoms with Gasteiger partial charge in [-0.05, 0) is 66.2 Å². The van der Waals surface area contributed by atoms with E-state index in [1.54, 1.807) is 12.1 Å². The molecule has 0 aliphatic heterocycles. The topological polar surface area (TPSA) is 59.9 Å². The zero-order valence-electron chi connectivity index (χ0n) is 30.3. The highest BCUT2D eigenvalue weighted by Gasteiger charge is 2.31. The monoisotopic (exact) mass is 757 g/mol. The van der Waals surface area contributed by atoms with E-state index < -0.39 is 11.7 Å². The largest absolute Gasteiger partial charge is 0.454 e. The fourth-order valence-electron chi connectivity index (χ4n) is 9.09. The lowest BCUT2D eigenvalue weighted by Crippen LogP contribution is -2.07. The summed E-state index contributed by atoms with van der Waals surface area (Å²) in [7, 11) is 0. The van der Waals surface area contributed by atoms with Crippen LogP contribution in [0.3, 0.4) is 0 Å². The smallest absolute Gasteiger partial charge is 0.416 e. The number of nitrogens with zero attached hydrogens (tertiary/aromatic N) is 3. The van der Waals surface area contributed by atoms with Crippen LogP contribution < -0.4 is 0 Å². The molecular weight excluding hydrogens is 732 g/mol. The van der Waals surface area contributed by atoms with Crippen LogP contribution in [0, 0.1) is 11.3 Å². The maximum absolute atomic E-state index is 14.2. The fourth-order valence-corrected chi connectivity index (χ4v) is 9.09. The van der Waals surface area contributed by atoms with Crippen LogP contribution in [0.1, 0.15) is 11.1 Å². The van der Waals surface area contributed by atoms with Crippen LogP contribution in [0.15, 0.2) is 167 Å². The second-order valence-electron chi connectivity index (χ2n) is 14.7. The third-order valence-corrected chi connectivity index (χ3v) is 11.6. The van der Waals surface area contributed by atoms with Crippen molar-refractivity contribution in [2.45, 2.75) is 6.18 Å². The summed E-state index contributed by atoms with van der Waals surface area (Å²) >= 11 is 0. The molecule has 0 unspecified atom stereocenters. The first kappa shape index (κ1) is 32.5. The van der Waals surface area contributed by atoms with E-state index in [-0.39, 0.29) is 11.1 Å². The molecule has 0 amide bonds. The van der Waals surface area contributed by atoms with Gasteiger partial charge < -0.3 is 18.0 Å². The second-order valence-corrected chi connectivity index (χ2v) is 14.7. The van der Waals surface area contributed by atoms with E-state index in [0.29, 0.717) is 28.1 Å². The summed E-state index contributed by atoms with van der Waals surface area (Å²) in [5.74, 6) is 0. The molecule has 0 saturated heterocycles. The van der Waals surface area contributed by atoms with Crippen LogP contribution in [0.4, 0.5) is 13.2 Å². The number of rotatable bonds is 3. The van der Waals surface area contributed by atoms with Crippen molar-refractivity contribution in [1.82, 2.24) is 9.13 Å². The highest BCUT2D eigenvalue weighted by molar-refractivity contribution is 6.23. The lowest BCUT2D eigenvalue weighted by atomic mass is 9.96. The lowest BCUT2D eigenvalue weighted by molar-refractivity contribution is -0.137. The Morgan fingerprint density at radius 1 is 0.466 bits per heavy atom. The molecule has 0 N–H and O–H groups in total. The minimum absolute atomic E-state index is 0.218. The van der Waals surface area contributed by atoms with Gasteiger partial charge in [0.25, 0.3) is 0 Å². The summed E-state index contributed by atoms with van der Waals surface area (Å²) in [5, 5.41) is 18.6. The Morgan fingerprint density at radius 2 is 0.948 bits per heavy atom. The molecule has 58 heavy (non-hydrogen) atoms. The number of aromatic nitrogens is 2. The zero-order valence-corrected chi connectivity index (χ0v) is 30.3. The highest BCUT2D eigenvalue weighted by atomic mass is 19.4. The van der Waals surface area contributed by atoms with E-state index >= 15 is 0 Å². The van der Waals surface area contributed by atoms with Crippen LogP contribution in [-0.4, -0.2) is 9.13 Å². The van der Waals surface area contributed by atoms with Crippen LogP contribution in [0.5, 0.6) is 0 Å². The number of hydrogen-bond donors (Lipinski definition) is 0. The Hall–Kier alpha value is -7.76. The molecule has 12 rings (SSSR count). The zero-order chi connectivity index (χ0) is 38.9. The number of nitriles is 1. The number of alkyl halides is 3. The van der Waals surface area contributed by atoms with Crippen LogP contribution >= 0.6 is 0 Å². The Bertz CT molecular complexity index is 3760. The standard InChI is InChI=1S/C50H26F3N3O2/c51-50(52,53)30-11-9-10-28(24-30)39-26-43(56-41-17-6-2-13-32(41)36-21-23-38-34-15-4-8-19-45(34)58-49(38)47(36)56)42(25-29(39)27-54)55-40-16-5-1-12-31(40)35-20-22-37-33-14-3-7-18-44(33)57-48(37)46(35)55/h1-26H. The molecule has 0 spiro atoms. The highest BCUT2D eigenvalue weighted by Crippen LogP contribution is 2.46. The Labute approximate surface area is 326 Å². The molecule has 0 radical (unpaired) electrons. The molecule has 0 saturated carbocycles. The molecule has 0 fully saturated rings. The summed E-state index contributed by atoms with van der Waals surface area (Å²) < 4.78 is 60.3. The molecule has 8 heteroatoms. The predicted molar refractivity (Wildman–Crippen MR) is 225 cm³/mol. The molecule has 5 nitrogen and oxygen atoms in total. The molecule has 274 valence electrons. The van der Waals surface area contributed by atoms with Crippen molar-refractivity contribution in [3.8, 4) is 28.6 Å². The minimum atomic E-state index is -4.58. The van der Waals surface area contributed by atoms with Crippen LogP contribution in [0.25, 0.3) is 110 Å².